The van der Waals surface area contributed by atoms with Gasteiger partial charge in [0.2, 0.25) is 10.0 Å². The van der Waals surface area contributed by atoms with Crippen LogP contribution in [0, 0.1) is 12.7 Å². The number of carbonyl (C=O) groups is 1. The molecule has 8 nitrogen and oxygen atoms in total. The molecular formula is C25H32FN3O5S. The maximum Gasteiger partial charge on any atom is 0.254 e. The van der Waals surface area contributed by atoms with Crippen LogP contribution in [0.25, 0.3) is 0 Å². The van der Waals surface area contributed by atoms with Crippen LogP contribution in [0.1, 0.15) is 22.3 Å². The Morgan fingerprint density at radius 1 is 1.11 bits per heavy atom. The molecule has 2 saturated heterocycles. The number of sulfonamides is 1. The number of hydrogen-bond donors (Lipinski definition) is 0. The normalized spacial score (nSPS) is 20.4. The minimum Gasteiger partial charge on any atom is -0.497 e. The minimum atomic E-state index is -3.81. The average Bonchev–Trinajstić information content (AvgIpc) is 3.11. The van der Waals surface area contributed by atoms with E-state index in [0.29, 0.717) is 43.1 Å². The number of hydrogen-bond acceptors (Lipinski definition) is 6. The van der Waals surface area contributed by atoms with E-state index in [4.69, 9.17) is 9.47 Å². The topological polar surface area (TPSA) is 79.4 Å². The summed E-state index contributed by atoms with van der Waals surface area (Å²) >= 11 is 0. The Labute approximate surface area is 206 Å². The number of rotatable bonds is 6. The highest BCUT2D eigenvalue weighted by atomic mass is 32.2. The average molecular weight is 506 g/mol. The SMILES string of the molecule is COc1cccc(C(=O)N2CCCN(CC3CN(S(=O)(=O)c4ccc(C)c(F)c4)CCO3)CC2)c1. The van der Waals surface area contributed by atoms with Crippen molar-refractivity contribution < 1.29 is 27.1 Å². The summed E-state index contributed by atoms with van der Waals surface area (Å²) in [5, 5.41) is 0. The fraction of sp³-hybridized carbons (Fsp3) is 0.480. The summed E-state index contributed by atoms with van der Waals surface area (Å²) in [6.45, 7) is 5.58. The standard InChI is InChI=1S/C25H32FN3O5S/c1-19-7-8-23(16-24(19)26)35(31,32)29-13-14-34-22(18-29)17-27-9-4-10-28(12-11-27)25(30)20-5-3-6-21(15-20)33-2/h3,5-8,15-16,22H,4,9-14,17-18H2,1-2H3. The third kappa shape index (κ3) is 6.00. The van der Waals surface area contributed by atoms with Gasteiger partial charge in [0.25, 0.3) is 5.91 Å². The van der Waals surface area contributed by atoms with E-state index < -0.39 is 15.8 Å². The lowest BCUT2D eigenvalue weighted by Gasteiger charge is -2.34. The van der Waals surface area contributed by atoms with Crippen LogP contribution in [0.5, 0.6) is 5.75 Å². The molecule has 1 amide bonds. The molecular weight excluding hydrogens is 473 g/mol. The van der Waals surface area contributed by atoms with E-state index in [-0.39, 0.29) is 36.6 Å². The molecule has 2 aromatic rings. The molecule has 4 rings (SSSR count). The Kier molecular flexibility index (Phi) is 8.05. The van der Waals surface area contributed by atoms with Crippen LogP contribution in [0.4, 0.5) is 4.39 Å². The van der Waals surface area contributed by atoms with E-state index in [1.54, 1.807) is 32.2 Å². The lowest BCUT2D eigenvalue weighted by Crippen LogP contribution is -2.50. The van der Waals surface area contributed by atoms with Gasteiger partial charge in [0, 0.05) is 44.8 Å². The summed E-state index contributed by atoms with van der Waals surface area (Å²) in [4.78, 5) is 17.0. The molecule has 1 unspecified atom stereocenters. The zero-order valence-corrected chi connectivity index (χ0v) is 21.0. The van der Waals surface area contributed by atoms with Gasteiger partial charge in [0.05, 0.1) is 24.7 Å². The first kappa shape index (κ1) is 25.6. The van der Waals surface area contributed by atoms with Gasteiger partial charge in [0.1, 0.15) is 11.6 Å². The number of aryl methyl sites for hydroxylation is 1. The largest absolute Gasteiger partial charge is 0.497 e. The summed E-state index contributed by atoms with van der Waals surface area (Å²) in [6, 6.07) is 11.2. The monoisotopic (exact) mass is 505 g/mol. The number of morpholine rings is 1. The first-order valence-electron chi connectivity index (χ1n) is 11.8. The van der Waals surface area contributed by atoms with Crippen molar-refractivity contribution >= 4 is 15.9 Å². The van der Waals surface area contributed by atoms with E-state index in [2.05, 4.69) is 4.90 Å². The first-order chi connectivity index (χ1) is 16.8. The van der Waals surface area contributed by atoms with Gasteiger partial charge in [-0.2, -0.15) is 4.31 Å². The summed E-state index contributed by atoms with van der Waals surface area (Å²) in [6.07, 6.45) is 0.516. The number of halogens is 1. The maximum atomic E-state index is 14.0. The molecule has 2 aliphatic heterocycles. The molecule has 0 spiro atoms. The molecule has 10 heteroatoms. The fourth-order valence-corrected chi connectivity index (χ4v) is 5.96. The Morgan fingerprint density at radius 3 is 2.71 bits per heavy atom. The number of methoxy groups -OCH3 is 1. The van der Waals surface area contributed by atoms with Crippen LogP contribution in [0.3, 0.4) is 0 Å². The number of nitrogens with zero attached hydrogens (tertiary/aromatic N) is 3. The van der Waals surface area contributed by atoms with Gasteiger partial charge in [-0.15, -0.1) is 0 Å². The van der Waals surface area contributed by atoms with E-state index in [1.807, 2.05) is 11.0 Å². The Bertz CT molecular complexity index is 1160. The Hall–Kier alpha value is -2.53. The molecule has 35 heavy (non-hydrogen) atoms. The molecule has 0 aromatic heterocycles. The fourth-order valence-electron chi connectivity index (χ4n) is 4.49. The molecule has 2 aliphatic rings. The van der Waals surface area contributed by atoms with E-state index in [1.165, 1.54) is 16.4 Å². The van der Waals surface area contributed by atoms with Gasteiger partial charge >= 0.3 is 0 Å². The van der Waals surface area contributed by atoms with Crippen LogP contribution in [0.2, 0.25) is 0 Å². The third-order valence-electron chi connectivity index (χ3n) is 6.54. The zero-order chi connectivity index (χ0) is 25.0. The van der Waals surface area contributed by atoms with Crippen LogP contribution >= 0.6 is 0 Å². The second-order valence-electron chi connectivity index (χ2n) is 8.95. The van der Waals surface area contributed by atoms with Crippen molar-refractivity contribution in [3.05, 3.63) is 59.4 Å². The van der Waals surface area contributed by atoms with Gasteiger partial charge in [-0.25, -0.2) is 12.8 Å². The molecule has 2 fully saturated rings. The van der Waals surface area contributed by atoms with Crippen molar-refractivity contribution in [2.45, 2.75) is 24.3 Å². The van der Waals surface area contributed by atoms with Gasteiger partial charge < -0.3 is 14.4 Å². The summed E-state index contributed by atoms with van der Waals surface area (Å²) < 4.78 is 52.6. The molecule has 0 bridgehead atoms. The van der Waals surface area contributed by atoms with E-state index in [0.717, 1.165) is 19.0 Å². The van der Waals surface area contributed by atoms with E-state index in [9.17, 15) is 17.6 Å². The molecule has 0 aliphatic carbocycles. The van der Waals surface area contributed by atoms with Crippen LogP contribution in [-0.4, -0.2) is 94.1 Å². The molecule has 2 aromatic carbocycles. The molecule has 2 heterocycles. The smallest absolute Gasteiger partial charge is 0.254 e. The van der Waals surface area contributed by atoms with Crippen LogP contribution in [-0.2, 0) is 14.8 Å². The maximum absolute atomic E-state index is 14.0. The highest BCUT2D eigenvalue weighted by Gasteiger charge is 2.32. The number of amides is 1. The molecule has 0 N–H and O–H groups in total. The lowest BCUT2D eigenvalue weighted by molar-refractivity contribution is -0.0193. The molecule has 190 valence electrons. The second-order valence-corrected chi connectivity index (χ2v) is 10.9. The number of carbonyl (C=O) groups excluding carboxylic acids is 1. The highest BCUT2D eigenvalue weighted by molar-refractivity contribution is 7.89. The summed E-state index contributed by atoms with van der Waals surface area (Å²) in [5.41, 5.74) is 1.01. The lowest BCUT2D eigenvalue weighted by atomic mass is 10.2. The molecule has 0 radical (unpaired) electrons. The van der Waals surface area contributed by atoms with Gasteiger partial charge in [-0.05, 0) is 55.8 Å². The van der Waals surface area contributed by atoms with Crippen molar-refractivity contribution in [1.82, 2.24) is 14.1 Å². The quantitative estimate of drug-likeness (QED) is 0.600. The summed E-state index contributed by atoms with van der Waals surface area (Å²) in [7, 11) is -2.23. The number of ether oxygens (including phenoxy) is 2. The Balaban J connectivity index is 1.35. The second kappa shape index (κ2) is 11.0. The van der Waals surface area contributed by atoms with Crippen molar-refractivity contribution in [2.75, 3.05) is 59.5 Å². The van der Waals surface area contributed by atoms with Crippen molar-refractivity contribution in [1.29, 1.82) is 0 Å². The van der Waals surface area contributed by atoms with Crippen LogP contribution < -0.4 is 4.74 Å². The van der Waals surface area contributed by atoms with Gasteiger partial charge in [-0.1, -0.05) is 12.1 Å². The summed E-state index contributed by atoms with van der Waals surface area (Å²) in [5.74, 6) is 0.0883. The third-order valence-corrected chi connectivity index (χ3v) is 8.40. The Morgan fingerprint density at radius 2 is 1.94 bits per heavy atom. The van der Waals surface area contributed by atoms with E-state index >= 15 is 0 Å². The predicted molar refractivity (Wildman–Crippen MR) is 130 cm³/mol. The van der Waals surface area contributed by atoms with Crippen molar-refractivity contribution in [3.63, 3.8) is 0 Å². The predicted octanol–water partition coefficient (Wildman–Crippen LogP) is 2.38. The first-order valence-corrected chi connectivity index (χ1v) is 13.3. The zero-order valence-electron chi connectivity index (χ0n) is 20.2. The van der Waals surface area contributed by atoms with Crippen molar-refractivity contribution in [3.8, 4) is 5.75 Å². The number of benzene rings is 2. The molecule has 0 saturated carbocycles. The minimum absolute atomic E-state index is 0.0257. The van der Waals surface area contributed by atoms with Gasteiger partial charge in [-0.3, -0.25) is 9.69 Å². The molecule has 1 atom stereocenters. The van der Waals surface area contributed by atoms with Crippen LogP contribution in [0.15, 0.2) is 47.4 Å². The van der Waals surface area contributed by atoms with Gasteiger partial charge in [0.15, 0.2) is 0 Å². The highest BCUT2D eigenvalue weighted by Crippen LogP contribution is 2.22. The van der Waals surface area contributed by atoms with Crippen molar-refractivity contribution in [2.24, 2.45) is 0 Å².